The number of nitriles is 1. The number of hydrogen-bond acceptors (Lipinski definition) is 6. The maximum atomic E-state index is 13.7. The van der Waals surface area contributed by atoms with Crippen molar-refractivity contribution in [2.45, 2.75) is 50.1 Å². The number of ketones is 1. The Morgan fingerprint density at radius 3 is 2.89 bits per heavy atom. The van der Waals surface area contributed by atoms with Gasteiger partial charge in [-0.05, 0) is 55.5 Å². The molecule has 9 heteroatoms. The summed E-state index contributed by atoms with van der Waals surface area (Å²) in [6, 6.07) is 11.6. The Morgan fingerprint density at radius 1 is 1.32 bits per heavy atom. The summed E-state index contributed by atoms with van der Waals surface area (Å²) in [5, 5.41) is 13.3. The molecular weight excluding hydrogens is 470 g/mol. The van der Waals surface area contributed by atoms with E-state index in [0.29, 0.717) is 37.3 Å². The molecule has 1 aromatic carbocycles. The smallest absolute Gasteiger partial charge is 0.271 e. The quantitative estimate of drug-likeness (QED) is 0.513. The van der Waals surface area contributed by atoms with Gasteiger partial charge in [-0.1, -0.05) is 12.1 Å². The number of aromatic amines is 1. The third-order valence-corrected chi connectivity index (χ3v) is 7.52. The average molecular weight is 500 g/mol. The van der Waals surface area contributed by atoms with Crippen LogP contribution >= 0.6 is 0 Å². The molecule has 3 aromatic rings. The van der Waals surface area contributed by atoms with Crippen LogP contribution in [-0.4, -0.2) is 58.2 Å². The molecule has 2 aliphatic rings. The first-order valence-corrected chi connectivity index (χ1v) is 12.6. The van der Waals surface area contributed by atoms with E-state index in [4.69, 9.17) is 4.74 Å². The summed E-state index contributed by atoms with van der Waals surface area (Å²) in [6.45, 7) is 0.341. The number of rotatable bonds is 7. The molecule has 9 nitrogen and oxygen atoms in total. The topological polar surface area (TPSA) is 128 Å². The third-order valence-electron chi connectivity index (χ3n) is 7.52. The van der Waals surface area contributed by atoms with Gasteiger partial charge >= 0.3 is 0 Å². The van der Waals surface area contributed by atoms with E-state index in [2.05, 4.69) is 21.4 Å². The van der Waals surface area contributed by atoms with Gasteiger partial charge in [0.05, 0.1) is 13.2 Å². The highest BCUT2D eigenvalue weighted by Crippen LogP contribution is 2.34. The Labute approximate surface area is 214 Å². The van der Waals surface area contributed by atoms with E-state index in [9.17, 15) is 19.6 Å². The number of hydrogen-bond donors (Lipinski definition) is 2. The zero-order valence-corrected chi connectivity index (χ0v) is 20.6. The van der Waals surface area contributed by atoms with Gasteiger partial charge in [0.2, 0.25) is 5.91 Å². The van der Waals surface area contributed by atoms with E-state index in [1.165, 1.54) is 0 Å². The van der Waals surface area contributed by atoms with Crippen LogP contribution in [0.1, 0.15) is 54.1 Å². The van der Waals surface area contributed by atoms with Crippen LogP contribution in [0.4, 0.5) is 0 Å². The molecule has 0 radical (unpaired) electrons. The molecular formula is C28H29N5O4. The highest BCUT2D eigenvalue weighted by molar-refractivity contribution is 6.02. The third kappa shape index (κ3) is 4.92. The first kappa shape index (κ1) is 24.5. The Morgan fingerprint density at radius 2 is 2.19 bits per heavy atom. The molecule has 2 fully saturated rings. The molecule has 1 unspecified atom stereocenters. The monoisotopic (exact) mass is 499 g/mol. The fourth-order valence-electron chi connectivity index (χ4n) is 5.58. The first-order valence-electron chi connectivity index (χ1n) is 12.6. The van der Waals surface area contributed by atoms with Crippen LogP contribution in [0.25, 0.3) is 10.9 Å². The number of amides is 2. The van der Waals surface area contributed by atoms with Crippen molar-refractivity contribution < 1.29 is 19.1 Å². The molecule has 4 atom stereocenters. The van der Waals surface area contributed by atoms with Crippen molar-refractivity contribution in [3.8, 4) is 11.8 Å². The highest BCUT2D eigenvalue weighted by atomic mass is 16.5. The molecule has 2 amide bonds. The van der Waals surface area contributed by atoms with Crippen LogP contribution in [0.5, 0.6) is 5.75 Å². The number of carbonyl (C=O) groups is 3. The molecule has 1 aliphatic carbocycles. The summed E-state index contributed by atoms with van der Waals surface area (Å²) < 4.78 is 5.43. The van der Waals surface area contributed by atoms with Crippen LogP contribution in [0.2, 0.25) is 0 Å². The number of ether oxygens (including phenoxy) is 1. The molecule has 2 N–H and O–H groups in total. The predicted molar refractivity (Wildman–Crippen MR) is 136 cm³/mol. The lowest BCUT2D eigenvalue weighted by molar-refractivity contribution is -0.126. The molecule has 190 valence electrons. The van der Waals surface area contributed by atoms with Gasteiger partial charge in [-0.15, -0.1) is 0 Å². The largest absolute Gasteiger partial charge is 0.496 e. The Balaban J connectivity index is 1.40. The molecule has 2 aromatic heterocycles. The second-order valence-corrected chi connectivity index (χ2v) is 9.78. The molecule has 0 spiro atoms. The van der Waals surface area contributed by atoms with E-state index in [1.54, 1.807) is 30.5 Å². The van der Waals surface area contributed by atoms with Gasteiger partial charge < -0.3 is 19.9 Å². The van der Waals surface area contributed by atoms with Crippen molar-refractivity contribution in [2.75, 3.05) is 13.7 Å². The van der Waals surface area contributed by atoms with Gasteiger partial charge in [0.1, 0.15) is 29.3 Å². The van der Waals surface area contributed by atoms with Crippen LogP contribution in [0.3, 0.4) is 0 Å². The molecule has 0 bridgehead atoms. The molecule has 5 rings (SSSR count). The van der Waals surface area contributed by atoms with Gasteiger partial charge in [0.25, 0.3) is 5.91 Å². The maximum absolute atomic E-state index is 13.7. The number of H-pyrrole nitrogens is 1. The van der Waals surface area contributed by atoms with Crippen molar-refractivity contribution in [1.82, 2.24) is 20.2 Å². The highest BCUT2D eigenvalue weighted by Gasteiger charge is 2.42. The number of Topliss-reactive ketones (excluding diaryl/α,β-unsaturated/α-hetero) is 1. The van der Waals surface area contributed by atoms with Crippen molar-refractivity contribution >= 4 is 28.5 Å². The van der Waals surface area contributed by atoms with Crippen LogP contribution < -0.4 is 10.1 Å². The Bertz CT molecular complexity index is 1360. The summed E-state index contributed by atoms with van der Waals surface area (Å²) in [7, 11) is 1.58. The Kier molecular flexibility index (Phi) is 6.91. The molecule has 3 heterocycles. The number of benzene rings is 1. The molecule has 37 heavy (non-hydrogen) atoms. The van der Waals surface area contributed by atoms with Crippen LogP contribution in [-0.2, 0) is 9.59 Å². The SMILES string of the molecule is COc1cccc2[nH]c(C(=O)N3C[C@H](c4cccnc4)C[C@H]3C(=O)N[C@H](C#N)CC3CCCC3=O)cc12. The summed E-state index contributed by atoms with van der Waals surface area (Å²) in [6.07, 6.45) is 6.25. The van der Waals surface area contributed by atoms with Crippen molar-refractivity contribution in [1.29, 1.82) is 5.26 Å². The number of nitrogens with one attached hydrogen (secondary N) is 2. The summed E-state index contributed by atoms with van der Waals surface area (Å²) in [5.41, 5.74) is 2.07. The van der Waals surface area contributed by atoms with E-state index in [0.717, 1.165) is 29.3 Å². The molecule has 1 saturated carbocycles. The van der Waals surface area contributed by atoms with E-state index in [-0.39, 0.29) is 29.4 Å². The van der Waals surface area contributed by atoms with Crippen molar-refractivity contribution in [3.63, 3.8) is 0 Å². The summed E-state index contributed by atoms with van der Waals surface area (Å²) in [5.74, 6) is -0.164. The molecule has 1 saturated heterocycles. The van der Waals surface area contributed by atoms with E-state index >= 15 is 0 Å². The van der Waals surface area contributed by atoms with Crippen LogP contribution in [0, 0.1) is 17.2 Å². The number of fused-ring (bicyclic) bond motifs is 1. The normalized spacial score (nSPS) is 22.1. The van der Waals surface area contributed by atoms with Crippen molar-refractivity contribution in [2.24, 2.45) is 5.92 Å². The van der Waals surface area contributed by atoms with Crippen LogP contribution in [0.15, 0.2) is 48.8 Å². The lowest BCUT2D eigenvalue weighted by Crippen LogP contribution is -2.49. The second kappa shape index (κ2) is 10.4. The minimum Gasteiger partial charge on any atom is -0.496 e. The van der Waals surface area contributed by atoms with E-state index < -0.39 is 12.1 Å². The average Bonchev–Trinajstić information content (AvgIpc) is 3.66. The number of carbonyl (C=O) groups excluding carboxylic acids is 3. The zero-order chi connectivity index (χ0) is 25.9. The predicted octanol–water partition coefficient (Wildman–Crippen LogP) is 3.34. The van der Waals surface area contributed by atoms with Crippen molar-refractivity contribution in [3.05, 3.63) is 60.0 Å². The van der Waals surface area contributed by atoms with Gasteiger partial charge in [0, 0.05) is 48.1 Å². The fraction of sp³-hybridized carbons (Fsp3) is 0.393. The zero-order valence-electron chi connectivity index (χ0n) is 20.6. The lowest BCUT2D eigenvalue weighted by atomic mass is 9.96. The molecule has 1 aliphatic heterocycles. The Hall–Kier alpha value is -4.19. The lowest BCUT2D eigenvalue weighted by Gasteiger charge is -2.25. The minimum atomic E-state index is -0.786. The fourth-order valence-corrected chi connectivity index (χ4v) is 5.58. The maximum Gasteiger partial charge on any atom is 0.271 e. The number of nitrogens with zero attached hydrogens (tertiary/aromatic N) is 3. The first-order chi connectivity index (χ1) is 18.0. The van der Waals surface area contributed by atoms with Gasteiger partial charge in [-0.3, -0.25) is 19.4 Å². The number of pyridine rings is 1. The summed E-state index contributed by atoms with van der Waals surface area (Å²) in [4.78, 5) is 48.2. The van der Waals surface area contributed by atoms with E-state index in [1.807, 2.05) is 30.3 Å². The number of likely N-dealkylation sites (tertiary alicyclic amines) is 1. The van der Waals surface area contributed by atoms with Gasteiger partial charge in [-0.25, -0.2) is 0 Å². The van der Waals surface area contributed by atoms with Gasteiger partial charge in [-0.2, -0.15) is 5.26 Å². The second-order valence-electron chi connectivity index (χ2n) is 9.78. The number of aromatic nitrogens is 2. The van der Waals surface area contributed by atoms with Gasteiger partial charge in [0.15, 0.2) is 0 Å². The standard InChI is InChI=1S/C28H29N5O4/c1-37-26-9-3-7-22-21(26)13-23(32-22)28(36)33-16-19(18-6-4-10-30-15-18)12-24(33)27(35)31-20(14-29)11-17-5-2-8-25(17)34/h3-4,6-7,9-10,13,15,17,19-20,24,32H,2,5,8,11-12,16H2,1H3,(H,31,35)/t17?,19-,20+,24+/m1/s1. The number of methoxy groups -OCH3 is 1. The summed E-state index contributed by atoms with van der Waals surface area (Å²) >= 11 is 0. The minimum absolute atomic E-state index is 0.0794.